The van der Waals surface area contributed by atoms with Crippen molar-refractivity contribution in [2.45, 2.75) is 25.4 Å². The van der Waals surface area contributed by atoms with Gasteiger partial charge in [0.05, 0.1) is 22.5 Å². The van der Waals surface area contributed by atoms with E-state index in [2.05, 4.69) is 21.2 Å². The zero-order valence-electron chi connectivity index (χ0n) is 13.5. The molecule has 0 unspecified atom stereocenters. The Kier molecular flexibility index (Phi) is 4.12. The van der Waals surface area contributed by atoms with Crippen LogP contribution in [0.4, 0.5) is 0 Å². The van der Waals surface area contributed by atoms with Crippen LogP contribution < -0.4 is 0 Å². The highest BCUT2D eigenvalue weighted by Gasteiger charge is 2.27. The van der Waals surface area contributed by atoms with Crippen molar-refractivity contribution in [2.75, 3.05) is 6.54 Å². The largest absolute Gasteiger partial charge is 0.444 e. The summed E-state index contributed by atoms with van der Waals surface area (Å²) in [6.07, 6.45) is 8.13. The van der Waals surface area contributed by atoms with Gasteiger partial charge < -0.3 is 4.42 Å². The monoisotopic (exact) mass is 342 g/mol. The predicted octanol–water partition coefficient (Wildman–Crippen LogP) is 4.07. The second-order valence-corrected chi connectivity index (χ2v) is 6.61. The first-order valence-electron chi connectivity index (χ1n) is 8.12. The fourth-order valence-corrected chi connectivity index (χ4v) is 3.57. The Labute approximate surface area is 145 Å². The Hall–Kier alpha value is -2.11. The zero-order chi connectivity index (χ0) is 16.5. The summed E-state index contributed by atoms with van der Waals surface area (Å²) in [4.78, 5) is 7.06. The summed E-state index contributed by atoms with van der Waals surface area (Å²) < 4.78 is 7.51. The molecule has 24 heavy (non-hydrogen) atoms. The number of halogens is 1. The number of rotatable bonds is 4. The number of benzene rings is 1. The van der Waals surface area contributed by atoms with Crippen LogP contribution >= 0.6 is 11.6 Å². The van der Waals surface area contributed by atoms with E-state index in [1.54, 1.807) is 6.26 Å². The fraction of sp³-hybridized carbons (Fsp3) is 0.333. The van der Waals surface area contributed by atoms with Gasteiger partial charge in [-0.25, -0.2) is 4.98 Å². The van der Waals surface area contributed by atoms with Crippen LogP contribution in [-0.2, 0) is 13.6 Å². The average Bonchev–Trinajstić information content (AvgIpc) is 3.29. The number of aromatic nitrogens is 3. The van der Waals surface area contributed by atoms with Crippen LogP contribution in [-0.4, -0.2) is 26.2 Å². The summed E-state index contributed by atoms with van der Waals surface area (Å²) >= 11 is 6.22. The molecule has 6 heteroatoms. The van der Waals surface area contributed by atoms with E-state index in [9.17, 15) is 0 Å². The minimum atomic E-state index is 0.402. The maximum absolute atomic E-state index is 6.22. The van der Waals surface area contributed by atoms with Crippen LogP contribution in [0.1, 0.15) is 30.1 Å². The summed E-state index contributed by atoms with van der Waals surface area (Å²) in [5.74, 6) is 0.577. The Bertz CT molecular complexity index is 841. The molecule has 0 amide bonds. The van der Waals surface area contributed by atoms with Crippen molar-refractivity contribution in [1.29, 1.82) is 0 Å². The Morgan fingerprint density at radius 2 is 2.21 bits per heavy atom. The molecule has 1 aromatic carbocycles. The van der Waals surface area contributed by atoms with Gasteiger partial charge in [-0.2, -0.15) is 5.10 Å². The normalized spacial score (nSPS) is 18.3. The van der Waals surface area contributed by atoms with Crippen molar-refractivity contribution in [1.82, 2.24) is 19.7 Å². The van der Waals surface area contributed by atoms with Gasteiger partial charge in [-0.3, -0.25) is 9.58 Å². The van der Waals surface area contributed by atoms with Crippen molar-refractivity contribution in [3.05, 3.63) is 59.2 Å². The van der Waals surface area contributed by atoms with E-state index in [0.29, 0.717) is 17.0 Å². The van der Waals surface area contributed by atoms with Crippen LogP contribution in [0.25, 0.3) is 11.5 Å². The first-order chi connectivity index (χ1) is 11.7. The van der Waals surface area contributed by atoms with Crippen LogP contribution in [0.3, 0.4) is 0 Å². The molecule has 0 bridgehead atoms. The molecular formula is C18H19ClN4O. The Morgan fingerprint density at radius 3 is 3.00 bits per heavy atom. The van der Waals surface area contributed by atoms with Gasteiger partial charge in [-0.05, 0) is 31.5 Å². The standard InChI is InChI=1S/C18H19ClN4O/c1-22-10-13(9-20-22)17-7-4-8-23(17)11-14-12-24-18(21-14)15-5-2-3-6-16(15)19/h2-3,5-6,9-10,12,17H,4,7-8,11H2,1H3/t17-/m0/s1. The smallest absolute Gasteiger partial charge is 0.227 e. The number of likely N-dealkylation sites (tertiary alicyclic amines) is 1. The topological polar surface area (TPSA) is 47.1 Å². The summed E-state index contributed by atoms with van der Waals surface area (Å²) in [5, 5.41) is 4.95. The van der Waals surface area contributed by atoms with E-state index < -0.39 is 0 Å². The van der Waals surface area contributed by atoms with E-state index in [4.69, 9.17) is 16.0 Å². The molecule has 0 spiro atoms. The van der Waals surface area contributed by atoms with Crippen LogP contribution in [0.15, 0.2) is 47.3 Å². The predicted molar refractivity (Wildman–Crippen MR) is 92.5 cm³/mol. The lowest BCUT2D eigenvalue weighted by atomic mass is 10.1. The fourth-order valence-electron chi connectivity index (χ4n) is 3.35. The second-order valence-electron chi connectivity index (χ2n) is 6.20. The summed E-state index contributed by atoms with van der Waals surface area (Å²) in [5.41, 5.74) is 3.03. The lowest BCUT2D eigenvalue weighted by molar-refractivity contribution is 0.245. The number of hydrogen-bond donors (Lipinski definition) is 0. The van der Waals surface area contributed by atoms with Gasteiger partial charge in [-0.1, -0.05) is 23.7 Å². The van der Waals surface area contributed by atoms with Crippen molar-refractivity contribution >= 4 is 11.6 Å². The van der Waals surface area contributed by atoms with Crippen LogP contribution in [0.2, 0.25) is 5.02 Å². The van der Waals surface area contributed by atoms with Crippen molar-refractivity contribution in [3.63, 3.8) is 0 Å². The van der Waals surface area contributed by atoms with Crippen LogP contribution in [0.5, 0.6) is 0 Å². The van der Waals surface area contributed by atoms with E-state index in [-0.39, 0.29) is 0 Å². The maximum atomic E-state index is 6.22. The third kappa shape index (κ3) is 2.97. The molecular weight excluding hydrogens is 324 g/mol. The number of oxazole rings is 1. The molecule has 3 heterocycles. The molecule has 1 aliphatic heterocycles. The Balaban J connectivity index is 1.52. The molecule has 1 atom stereocenters. The zero-order valence-corrected chi connectivity index (χ0v) is 14.3. The van der Waals surface area contributed by atoms with Gasteiger partial charge in [0, 0.05) is 31.4 Å². The molecule has 1 fully saturated rings. The molecule has 5 nitrogen and oxygen atoms in total. The minimum Gasteiger partial charge on any atom is -0.444 e. The van der Waals surface area contributed by atoms with E-state index in [0.717, 1.165) is 30.8 Å². The molecule has 4 rings (SSSR count). The molecule has 0 aliphatic carbocycles. The third-order valence-corrected chi connectivity index (χ3v) is 4.82. The molecule has 0 N–H and O–H groups in total. The highest BCUT2D eigenvalue weighted by molar-refractivity contribution is 6.33. The molecule has 1 saturated heterocycles. The number of hydrogen-bond acceptors (Lipinski definition) is 4. The number of nitrogens with zero attached hydrogens (tertiary/aromatic N) is 4. The van der Waals surface area contributed by atoms with Crippen molar-refractivity contribution in [2.24, 2.45) is 7.05 Å². The molecule has 0 radical (unpaired) electrons. The number of aryl methyl sites for hydroxylation is 1. The Morgan fingerprint density at radius 1 is 1.33 bits per heavy atom. The van der Waals surface area contributed by atoms with E-state index in [1.165, 1.54) is 12.0 Å². The van der Waals surface area contributed by atoms with Crippen molar-refractivity contribution < 1.29 is 4.42 Å². The lowest BCUT2D eigenvalue weighted by Gasteiger charge is -2.22. The van der Waals surface area contributed by atoms with E-state index >= 15 is 0 Å². The minimum absolute atomic E-state index is 0.402. The second kappa shape index (κ2) is 6.42. The first kappa shape index (κ1) is 15.4. The molecule has 3 aromatic rings. The molecule has 124 valence electrons. The lowest BCUT2D eigenvalue weighted by Crippen LogP contribution is -2.22. The average molecular weight is 343 g/mol. The molecule has 0 saturated carbocycles. The summed E-state index contributed by atoms with van der Waals surface area (Å²) in [7, 11) is 1.95. The van der Waals surface area contributed by atoms with Gasteiger partial charge in [0.25, 0.3) is 0 Å². The molecule has 1 aliphatic rings. The highest BCUT2D eigenvalue weighted by atomic mass is 35.5. The van der Waals surface area contributed by atoms with Gasteiger partial charge in [0.15, 0.2) is 0 Å². The summed E-state index contributed by atoms with van der Waals surface area (Å²) in [6, 6.07) is 8.01. The van der Waals surface area contributed by atoms with Crippen LogP contribution in [0, 0.1) is 0 Å². The van der Waals surface area contributed by atoms with E-state index in [1.807, 2.05) is 42.2 Å². The van der Waals surface area contributed by atoms with Gasteiger partial charge in [0.2, 0.25) is 5.89 Å². The summed E-state index contributed by atoms with van der Waals surface area (Å²) in [6.45, 7) is 1.83. The van der Waals surface area contributed by atoms with Gasteiger partial charge in [0.1, 0.15) is 6.26 Å². The molecule has 2 aromatic heterocycles. The third-order valence-electron chi connectivity index (χ3n) is 4.49. The first-order valence-corrected chi connectivity index (χ1v) is 8.50. The maximum Gasteiger partial charge on any atom is 0.227 e. The quantitative estimate of drug-likeness (QED) is 0.717. The van der Waals surface area contributed by atoms with Gasteiger partial charge in [-0.15, -0.1) is 0 Å². The highest BCUT2D eigenvalue weighted by Crippen LogP contribution is 2.33. The SMILES string of the molecule is Cn1cc([C@@H]2CCCN2Cc2coc(-c3ccccc3Cl)n2)cn1. The van der Waals surface area contributed by atoms with Gasteiger partial charge >= 0.3 is 0 Å². The van der Waals surface area contributed by atoms with Crippen molar-refractivity contribution in [3.8, 4) is 11.5 Å².